The van der Waals surface area contributed by atoms with Crippen molar-refractivity contribution in [3.63, 3.8) is 0 Å². The van der Waals surface area contributed by atoms with E-state index >= 15 is 0 Å². The summed E-state index contributed by atoms with van der Waals surface area (Å²) in [7, 11) is -11.0. The number of nitrogens with zero attached hydrogens (tertiary/aromatic N) is 2. The van der Waals surface area contributed by atoms with E-state index in [9.17, 15) is 58.8 Å². The highest BCUT2D eigenvalue weighted by Crippen LogP contribution is 2.60. The SMILES string of the molecule is CCCCC[C@@H](O)/C=C/C=C\C=C\C=C\[C@@H](O)[C@H](O)CCCC(=O)OC[C@H](COP(=O)(O)OP(=O)(O)OC[C@H]1O[C@@H](n2ccc(N)nc2=O)[C@H](O)[C@@H]1O)OC(=O)CCCCCCCCC(C)CC. The number of hydrogen-bond donors (Lipinski definition) is 8. The number of aliphatic hydroxyl groups is 5. The molecule has 0 aromatic carbocycles. The number of unbranched alkanes of at least 4 members (excludes halogenated alkanes) is 7. The number of nitrogen functional groups attached to an aromatic ring is 1. The maximum absolute atomic E-state index is 12.8. The molecule has 21 nitrogen and oxygen atoms in total. The Bertz CT molecular complexity index is 1900. The third-order valence-corrected chi connectivity index (χ3v) is 13.4. The van der Waals surface area contributed by atoms with Gasteiger partial charge in [0.15, 0.2) is 12.3 Å². The van der Waals surface area contributed by atoms with Gasteiger partial charge in [-0.2, -0.15) is 9.29 Å². The predicted octanol–water partition coefficient (Wildman–Crippen LogP) is 5.38. The molecule has 0 amide bonds. The molecule has 2 heterocycles. The van der Waals surface area contributed by atoms with Crippen LogP contribution in [0.3, 0.4) is 0 Å². The van der Waals surface area contributed by atoms with Crippen molar-refractivity contribution in [2.24, 2.45) is 5.92 Å². The van der Waals surface area contributed by atoms with Crippen LogP contribution in [0.5, 0.6) is 0 Å². The summed E-state index contributed by atoms with van der Waals surface area (Å²) in [6.07, 6.45) is 14.7. The fourth-order valence-corrected chi connectivity index (χ4v) is 8.72. The topological polar surface area (TPSA) is 326 Å². The Labute approximate surface area is 398 Å². The van der Waals surface area contributed by atoms with Crippen LogP contribution in [0.15, 0.2) is 65.7 Å². The number of anilines is 1. The number of phosphoric acid groups is 2. The quantitative estimate of drug-likeness (QED) is 0.0181. The second-order valence-electron chi connectivity index (χ2n) is 16.7. The van der Waals surface area contributed by atoms with Crippen LogP contribution in [0.25, 0.3) is 0 Å². The Morgan fingerprint density at radius 2 is 1.43 bits per heavy atom. The van der Waals surface area contributed by atoms with Gasteiger partial charge in [0.05, 0.1) is 31.5 Å². The van der Waals surface area contributed by atoms with Gasteiger partial charge in [0.25, 0.3) is 0 Å². The number of rotatable bonds is 36. The van der Waals surface area contributed by atoms with Crippen molar-refractivity contribution in [3.8, 4) is 0 Å². The van der Waals surface area contributed by atoms with Gasteiger partial charge in [-0.15, -0.1) is 0 Å². The molecule has 1 aliphatic heterocycles. The zero-order valence-corrected chi connectivity index (χ0v) is 41.2. The second-order valence-corrected chi connectivity index (χ2v) is 19.8. The normalized spacial score (nSPS) is 21.8. The first-order valence-corrected chi connectivity index (χ1v) is 26.4. The molecule has 1 aromatic rings. The maximum Gasteiger partial charge on any atom is 0.481 e. The summed E-state index contributed by atoms with van der Waals surface area (Å²) in [5, 5.41) is 51.4. The van der Waals surface area contributed by atoms with E-state index in [0.717, 1.165) is 75.0 Å². The minimum atomic E-state index is -5.49. The van der Waals surface area contributed by atoms with Crippen molar-refractivity contribution < 1.29 is 81.6 Å². The highest BCUT2D eigenvalue weighted by atomic mass is 31.3. The van der Waals surface area contributed by atoms with Crippen LogP contribution in [0.2, 0.25) is 0 Å². The highest BCUT2D eigenvalue weighted by Gasteiger charge is 2.46. The zero-order valence-electron chi connectivity index (χ0n) is 39.4. The van der Waals surface area contributed by atoms with E-state index in [4.69, 9.17) is 29.0 Å². The zero-order chi connectivity index (χ0) is 50.5. The number of nitrogens with two attached hydrogens (primary N) is 1. The number of ether oxygens (including phenoxy) is 3. The van der Waals surface area contributed by atoms with Crippen LogP contribution in [-0.4, -0.2) is 119 Å². The molecule has 1 fully saturated rings. The summed E-state index contributed by atoms with van der Waals surface area (Å²) in [6.45, 7) is 3.88. The van der Waals surface area contributed by atoms with E-state index in [2.05, 4.69) is 30.1 Å². The molecule has 1 aromatic heterocycles. The van der Waals surface area contributed by atoms with Crippen LogP contribution in [0.4, 0.5) is 5.82 Å². The first-order chi connectivity index (χ1) is 32.3. The summed E-state index contributed by atoms with van der Waals surface area (Å²) in [5.41, 5.74) is 4.54. The fourth-order valence-electron chi connectivity index (χ4n) is 6.61. The smallest absolute Gasteiger partial charge is 0.462 e. The predicted molar refractivity (Wildman–Crippen MR) is 251 cm³/mol. The number of aromatic nitrogens is 2. The van der Waals surface area contributed by atoms with E-state index in [0.29, 0.717) is 18.8 Å². The summed E-state index contributed by atoms with van der Waals surface area (Å²) >= 11 is 0. The molecule has 388 valence electrons. The Morgan fingerprint density at radius 3 is 2.10 bits per heavy atom. The lowest BCUT2D eigenvalue weighted by atomic mass is 10.00. The average molecular weight is 1010 g/mol. The number of aliphatic hydroxyl groups excluding tert-OH is 5. The molecule has 23 heteroatoms. The van der Waals surface area contributed by atoms with Gasteiger partial charge in [-0.05, 0) is 37.7 Å². The van der Waals surface area contributed by atoms with Gasteiger partial charge in [0, 0.05) is 19.0 Å². The van der Waals surface area contributed by atoms with Gasteiger partial charge in [0.1, 0.15) is 30.7 Å². The molecular formula is C45H75N3O18P2. The van der Waals surface area contributed by atoms with E-state index in [-0.39, 0.29) is 31.5 Å². The van der Waals surface area contributed by atoms with Crippen LogP contribution in [-0.2, 0) is 46.3 Å². The second kappa shape index (κ2) is 33.2. The summed E-state index contributed by atoms with van der Waals surface area (Å²) < 4.78 is 56.3. The Hall–Kier alpha value is -3.40. The largest absolute Gasteiger partial charge is 0.481 e. The molecule has 0 bridgehead atoms. The van der Waals surface area contributed by atoms with Crippen molar-refractivity contribution in [2.45, 2.75) is 172 Å². The lowest BCUT2D eigenvalue weighted by Crippen LogP contribution is -2.36. The van der Waals surface area contributed by atoms with Crippen molar-refractivity contribution in [3.05, 3.63) is 71.4 Å². The van der Waals surface area contributed by atoms with Gasteiger partial charge in [0.2, 0.25) is 0 Å². The molecule has 3 unspecified atom stereocenters. The third-order valence-electron chi connectivity index (χ3n) is 10.8. The van der Waals surface area contributed by atoms with Gasteiger partial charge in [-0.1, -0.05) is 134 Å². The van der Waals surface area contributed by atoms with Crippen molar-refractivity contribution in [1.29, 1.82) is 0 Å². The van der Waals surface area contributed by atoms with Crippen LogP contribution in [0.1, 0.15) is 130 Å². The van der Waals surface area contributed by atoms with E-state index < -0.39 is 102 Å². The number of hydrogen-bond acceptors (Lipinski definition) is 18. The summed E-state index contributed by atoms with van der Waals surface area (Å²) in [6, 6.07) is 1.22. The monoisotopic (exact) mass is 1010 g/mol. The molecule has 11 atom stereocenters. The Morgan fingerprint density at radius 1 is 0.809 bits per heavy atom. The first-order valence-electron chi connectivity index (χ1n) is 23.4. The number of phosphoric ester groups is 2. The highest BCUT2D eigenvalue weighted by molar-refractivity contribution is 7.61. The van der Waals surface area contributed by atoms with E-state index in [1.165, 1.54) is 12.1 Å². The minimum Gasteiger partial charge on any atom is -0.462 e. The molecule has 1 aliphatic rings. The van der Waals surface area contributed by atoms with Gasteiger partial charge < -0.3 is 55.3 Å². The lowest BCUT2D eigenvalue weighted by molar-refractivity contribution is -0.161. The van der Waals surface area contributed by atoms with Crippen molar-refractivity contribution in [1.82, 2.24) is 9.55 Å². The van der Waals surface area contributed by atoms with Gasteiger partial charge >= 0.3 is 33.3 Å². The first kappa shape index (κ1) is 60.7. The van der Waals surface area contributed by atoms with Crippen molar-refractivity contribution in [2.75, 3.05) is 25.6 Å². The van der Waals surface area contributed by atoms with Crippen molar-refractivity contribution >= 4 is 33.4 Å². The molecular weight excluding hydrogens is 932 g/mol. The molecule has 1 saturated heterocycles. The summed E-state index contributed by atoms with van der Waals surface area (Å²) in [4.78, 5) is 61.7. The molecule has 0 saturated carbocycles. The van der Waals surface area contributed by atoms with Crippen LogP contribution in [0, 0.1) is 5.92 Å². The molecule has 0 spiro atoms. The molecule has 0 aliphatic carbocycles. The van der Waals surface area contributed by atoms with Crippen LogP contribution < -0.4 is 11.4 Å². The lowest BCUT2D eigenvalue weighted by Gasteiger charge is -2.21. The number of allylic oxidation sites excluding steroid dienone is 6. The van der Waals surface area contributed by atoms with Gasteiger partial charge in [-0.25, -0.2) is 13.9 Å². The molecule has 0 radical (unpaired) electrons. The maximum atomic E-state index is 12.8. The van der Waals surface area contributed by atoms with E-state index in [1.54, 1.807) is 42.5 Å². The molecule has 9 N–H and O–H groups in total. The Kier molecular flexibility index (Phi) is 29.7. The average Bonchev–Trinajstić information content (AvgIpc) is 3.56. The standard InChI is InChI=1S/C45H75N3O18P2/c1-4-6-15-22-34(49)23-17-12-8-9-13-18-24-36(50)37(51)25-20-27-40(52)61-30-35(64-41(53)26-19-14-10-7-11-16-21-33(3)5-2)31-62-67(57,58)66-68(59,60)63-32-38-42(54)43(55)44(65-38)48-29-28-39(46)47-45(48)56/h8-9,12-13,17-18,23-24,28-29,33-38,42-44,49-51,54-55H,4-7,10-11,14-16,19-22,25-27,30-32H2,1-3H3,(H,57,58)(H,59,60)(H2,46,47,56)/b12-8-,13-9+,23-17+,24-18+/t33?,34-,35-,36-,37-,38-,42-,43-,44-/m1/s1. The number of carbonyl (C=O) groups excluding carboxylic acids is 2. The summed E-state index contributed by atoms with van der Waals surface area (Å²) in [5.74, 6) is -0.975. The Balaban J connectivity index is 1.91. The molecule has 2 rings (SSSR count). The van der Waals surface area contributed by atoms with E-state index in [1.807, 2.05) is 0 Å². The minimum absolute atomic E-state index is 0.0103. The third kappa shape index (κ3) is 26.0. The van der Waals surface area contributed by atoms with Crippen LogP contribution >= 0.6 is 15.6 Å². The fraction of sp³-hybridized carbons (Fsp3) is 0.689. The van der Waals surface area contributed by atoms with Gasteiger partial charge in [-0.3, -0.25) is 23.2 Å². The molecule has 68 heavy (non-hydrogen) atoms. The number of carbonyl (C=O) groups is 2. The number of esters is 2.